The van der Waals surface area contributed by atoms with Crippen molar-refractivity contribution in [3.63, 3.8) is 0 Å². The lowest BCUT2D eigenvalue weighted by Crippen LogP contribution is -2.38. The molecule has 0 atom stereocenters. The molecule has 0 spiro atoms. The molecule has 1 heterocycles. The van der Waals surface area contributed by atoms with Crippen LogP contribution in [0.2, 0.25) is 0 Å². The molecular formula is C14H34N2O2. The molecule has 0 radical (unpaired) electrons. The molecule has 1 N–H and O–H groups in total. The van der Waals surface area contributed by atoms with Crippen molar-refractivity contribution in [2.24, 2.45) is 5.92 Å². The summed E-state index contributed by atoms with van der Waals surface area (Å²) in [6.07, 6.45) is 1.12. The first-order valence-corrected chi connectivity index (χ1v) is 7.23. The van der Waals surface area contributed by atoms with Crippen molar-refractivity contribution in [2.45, 2.75) is 27.2 Å². The summed E-state index contributed by atoms with van der Waals surface area (Å²) in [5.74, 6) is 0.790. The van der Waals surface area contributed by atoms with Crippen molar-refractivity contribution in [1.82, 2.24) is 10.2 Å². The van der Waals surface area contributed by atoms with E-state index in [9.17, 15) is 0 Å². The van der Waals surface area contributed by atoms with Crippen LogP contribution in [0.3, 0.4) is 0 Å². The molecule has 1 aliphatic rings. The predicted molar refractivity (Wildman–Crippen MR) is 79.2 cm³/mol. The highest BCUT2D eigenvalue weighted by Gasteiger charge is 2.10. The lowest BCUT2D eigenvalue weighted by Gasteiger charge is -2.27. The molecule has 0 amide bonds. The van der Waals surface area contributed by atoms with E-state index >= 15 is 0 Å². The average Bonchev–Trinajstić information content (AvgIpc) is 2.36. The first kappa shape index (κ1) is 17.8. The summed E-state index contributed by atoms with van der Waals surface area (Å²) in [5.41, 5.74) is 0. The van der Waals surface area contributed by atoms with Gasteiger partial charge in [-0.15, -0.1) is 0 Å². The Balaban J connectivity index is 0. The van der Waals surface area contributed by atoms with Crippen molar-refractivity contribution in [1.29, 1.82) is 0 Å². The Bertz CT molecular complexity index is 160. The maximum absolute atomic E-state index is 5.24. The molecule has 0 aromatic carbocycles. The van der Waals surface area contributed by atoms with Crippen LogP contribution in [0.4, 0.5) is 0 Å². The normalized spacial score (nSPS) is 16.5. The minimum atomic E-state index is 0. The van der Waals surface area contributed by atoms with E-state index in [2.05, 4.69) is 24.1 Å². The quantitative estimate of drug-likeness (QED) is 0.710. The van der Waals surface area contributed by atoms with Gasteiger partial charge in [-0.25, -0.2) is 0 Å². The Labute approximate surface area is 115 Å². The lowest BCUT2D eigenvalue weighted by atomic mass is 10.2. The third-order valence-corrected chi connectivity index (χ3v) is 2.65. The molecule has 1 fully saturated rings. The Kier molecular flexibility index (Phi) is 13.2. The number of morpholine rings is 1. The van der Waals surface area contributed by atoms with E-state index in [1.54, 1.807) is 0 Å². The summed E-state index contributed by atoms with van der Waals surface area (Å²) in [6, 6.07) is 0. The molecule has 0 unspecified atom stereocenters. The third kappa shape index (κ3) is 12.3. The zero-order valence-corrected chi connectivity index (χ0v) is 12.7. The van der Waals surface area contributed by atoms with Gasteiger partial charge in [0.15, 0.2) is 0 Å². The number of hydrogen-bond donors (Lipinski definition) is 1. The number of nitrogens with zero attached hydrogens (tertiary/aromatic N) is 1. The van der Waals surface area contributed by atoms with Gasteiger partial charge in [0.2, 0.25) is 0 Å². The van der Waals surface area contributed by atoms with Crippen LogP contribution in [0.25, 0.3) is 0 Å². The highest BCUT2D eigenvalue weighted by Crippen LogP contribution is 2.01. The molecule has 112 valence electrons. The molecule has 4 nitrogen and oxygen atoms in total. The first-order chi connectivity index (χ1) is 8.70. The molecule has 0 aliphatic carbocycles. The van der Waals surface area contributed by atoms with Crippen LogP contribution < -0.4 is 5.32 Å². The highest BCUT2D eigenvalue weighted by atomic mass is 16.5. The second-order valence-corrected chi connectivity index (χ2v) is 4.96. The van der Waals surface area contributed by atoms with Crippen LogP contribution in [0.5, 0.6) is 0 Å². The van der Waals surface area contributed by atoms with Gasteiger partial charge in [-0.1, -0.05) is 13.8 Å². The predicted octanol–water partition coefficient (Wildman–Crippen LogP) is 1.85. The number of hydrogen-bond acceptors (Lipinski definition) is 4. The molecule has 0 saturated carbocycles. The van der Waals surface area contributed by atoms with Crippen LogP contribution in [0, 0.1) is 5.92 Å². The second-order valence-electron chi connectivity index (χ2n) is 4.96. The van der Waals surface area contributed by atoms with Gasteiger partial charge >= 0.3 is 0 Å². The summed E-state index contributed by atoms with van der Waals surface area (Å²) in [4.78, 5) is 2.47. The Morgan fingerprint density at radius 1 is 1.33 bits per heavy atom. The smallest absolute Gasteiger partial charge is 0.0594 e. The zero-order valence-electron chi connectivity index (χ0n) is 12.7. The highest BCUT2D eigenvalue weighted by molar-refractivity contribution is 4.62. The van der Waals surface area contributed by atoms with Crippen LogP contribution in [-0.2, 0) is 9.47 Å². The van der Waals surface area contributed by atoms with Gasteiger partial charge in [0.05, 0.1) is 13.2 Å². The van der Waals surface area contributed by atoms with E-state index in [1.165, 1.54) is 6.54 Å². The van der Waals surface area contributed by atoms with Gasteiger partial charge < -0.3 is 14.8 Å². The Morgan fingerprint density at radius 2 is 2.00 bits per heavy atom. The molecule has 1 rings (SSSR count). The molecule has 18 heavy (non-hydrogen) atoms. The fourth-order valence-corrected chi connectivity index (χ4v) is 1.80. The van der Waals surface area contributed by atoms with Crippen LogP contribution in [0.15, 0.2) is 0 Å². The van der Waals surface area contributed by atoms with Crippen molar-refractivity contribution < 1.29 is 10.9 Å². The minimum absolute atomic E-state index is 0. The SMILES string of the molecule is CC(C)CN1CCOCC1.CCOCCCNC.[HH]. The maximum Gasteiger partial charge on any atom is 0.0594 e. The lowest BCUT2D eigenvalue weighted by molar-refractivity contribution is 0.0329. The largest absolute Gasteiger partial charge is 0.382 e. The summed E-state index contributed by atoms with van der Waals surface area (Å²) >= 11 is 0. The summed E-state index contributed by atoms with van der Waals surface area (Å²) in [5, 5.41) is 3.05. The van der Waals surface area contributed by atoms with Crippen molar-refractivity contribution in [2.75, 3.05) is 59.7 Å². The molecule has 4 heteroatoms. The first-order valence-electron chi connectivity index (χ1n) is 7.23. The molecule has 1 aliphatic heterocycles. The molecule has 0 aromatic rings. The fourth-order valence-electron chi connectivity index (χ4n) is 1.80. The molecular weight excluding hydrogens is 228 g/mol. The zero-order chi connectivity index (χ0) is 13.6. The Morgan fingerprint density at radius 3 is 2.50 bits per heavy atom. The second kappa shape index (κ2) is 13.3. The molecule has 0 aromatic heterocycles. The van der Waals surface area contributed by atoms with Crippen LogP contribution in [0.1, 0.15) is 28.6 Å². The Hall–Kier alpha value is -0.160. The van der Waals surface area contributed by atoms with Gasteiger partial charge in [0.25, 0.3) is 0 Å². The standard InChI is InChI=1S/C8H17NO.C6H15NO.H2/c1-8(2)7-9-3-5-10-6-4-9;1-3-8-6-4-5-7-2;/h8H,3-7H2,1-2H3;7H,3-6H2,1-2H3;1H. The number of ether oxygens (including phenoxy) is 2. The summed E-state index contributed by atoms with van der Waals surface area (Å²) in [6.45, 7) is 14.6. The van der Waals surface area contributed by atoms with E-state index in [4.69, 9.17) is 9.47 Å². The average molecular weight is 262 g/mol. The maximum atomic E-state index is 5.24. The van der Waals surface area contributed by atoms with Gasteiger partial charge in [-0.3, -0.25) is 4.90 Å². The monoisotopic (exact) mass is 262 g/mol. The minimum Gasteiger partial charge on any atom is -0.382 e. The molecule has 1 saturated heterocycles. The summed E-state index contributed by atoms with van der Waals surface area (Å²) in [7, 11) is 1.95. The van der Waals surface area contributed by atoms with E-state index in [-0.39, 0.29) is 1.43 Å². The van der Waals surface area contributed by atoms with Gasteiger partial charge in [-0.2, -0.15) is 0 Å². The third-order valence-electron chi connectivity index (χ3n) is 2.65. The number of rotatable bonds is 7. The molecule has 0 bridgehead atoms. The topological polar surface area (TPSA) is 33.7 Å². The van der Waals surface area contributed by atoms with Gasteiger partial charge in [0.1, 0.15) is 0 Å². The van der Waals surface area contributed by atoms with Crippen LogP contribution >= 0.6 is 0 Å². The number of nitrogens with one attached hydrogen (secondary N) is 1. The van der Waals surface area contributed by atoms with Crippen molar-refractivity contribution in [3.05, 3.63) is 0 Å². The van der Waals surface area contributed by atoms with Crippen molar-refractivity contribution >= 4 is 0 Å². The van der Waals surface area contributed by atoms with Gasteiger partial charge in [0, 0.05) is 34.3 Å². The van der Waals surface area contributed by atoms with Gasteiger partial charge in [-0.05, 0) is 32.9 Å². The van der Waals surface area contributed by atoms with E-state index in [0.29, 0.717) is 0 Å². The van der Waals surface area contributed by atoms with Crippen LogP contribution in [-0.4, -0.2) is 64.6 Å². The fraction of sp³-hybridized carbons (Fsp3) is 1.00. The summed E-state index contributed by atoms with van der Waals surface area (Å²) < 4.78 is 10.3. The van der Waals surface area contributed by atoms with E-state index < -0.39 is 0 Å². The van der Waals surface area contributed by atoms with Crippen molar-refractivity contribution in [3.8, 4) is 0 Å². The van der Waals surface area contributed by atoms with E-state index in [1.807, 2.05) is 14.0 Å². The van der Waals surface area contributed by atoms with E-state index in [0.717, 1.165) is 58.4 Å².